The van der Waals surface area contributed by atoms with Crippen molar-refractivity contribution in [2.45, 2.75) is 31.8 Å². The summed E-state index contributed by atoms with van der Waals surface area (Å²) in [5.41, 5.74) is 3.07. The number of imidazole rings is 1. The molecule has 6 rings (SSSR count). The van der Waals surface area contributed by atoms with Crippen LogP contribution < -0.4 is 15.0 Å². The maximum absolute atomic E-state index is 13.3. The van der Waals surface area contributed by atoms with Crippen molar-refractivity contribution in [1.82, 2.24) is 14.9 Å². The molecule has 2 aliphatic heterocycles. The van der Waals surface area contributed by atoms with Crippen molar-refractivity contribution in [3.63, 3.8) is 0 Å². The summed E-state index contributed by atoms with van der Waals surface area (Å²) in [6, 6.07) is 18.7. The third-order valence-electron chi connectivity index (χ3n) is 6.82. The van der Waals surface area contributed by atoms with Gasteiger partial charge in [0.25, 0.3) is 0 Å². The monoisotopic (exact) mass is 477 g/mol. The average molecular weight is 478 g/mol. The second kappa shape index (κ2) is 8.86. The van der Waals surface area contributed by atoms with E-state index < -0.39 is 6.04 Å². The molecule has 8 nitrogen and oxygen atoms in total. The number of ether oxygens (including phenoxy) is 1. The predicted molar refractivity (Wildman–Crippen MR) is 134 cm³/mol. The molecule has 1 atom stereocenters. The number of carbonyl (C=O) groups excluding carboxylic acids is 2. The first kappa shape index (κ1) is 21.9. The van der Waals surface area contributed by atoms with Crippen molar-refractivity contribution in [2.75, 3.05) is 11.4 Å². The number of amides is 2. The topological polar surface area (TPSA) is 100 Å². The Hall–Kier alpha value is -4.64. The average Bonchev–Trinajstić information content (AvgIpc) is 3.48. The highest BCUT2D eigenvalue weighted by atomic mass is 16.5. The fraction of sp³-hybridized carbons (Fsp3) is 0.214. The van der Waals surface area contributed by atoms with Crippen LogP contribution in [0.5, 0.6) is 11.5 Å². The number of nitrogens with zero attached hydrogens (tertiary/aromatic N) is 4. The van der Waals surface area contributed by atoms with Crippen molar-refractivity contribution in [2.24, 2.45) is 0 Å². The number of aryl methyl sites for hydroxylation is 1. The van der Waals surface area contributed by atoms with E-state index in [2.05, 4.69) is 16.4 Å². The molecule has 0 unspecified atom stereocenters. The third-order valence-corrected chi connectivity index (χ3v) is 6.82. The number of carbonyl (C=O) groups is 2. The molecular weight excluding hydrogens is 454 g/mol. The number of anilines is 1. The fourth-order valence-electron chi connectivity index (χ4n) is 4.96. The lowest BCUT2D eigenvalue weighted by Gasteiger charge is -2.20. The Bertz CT molecular complexity index is 1550. The molecule has 8 heteroatoms. The van der Waals surface area contributed by atoms with E-state index in [1.54, 1.807) is 23.5 Å². The van der Waals surface area contributed by atoms with Crippen molar-refractivity contribution >= 4 is 28.3 Å². The van der Waals surface area contributed by atoms with E-state index in [-0.39, 0.29) is 18.2 Å². The van der Waals surface area contributed by atoms with E-state index in [0.717, 1.165) is 27.7 Å². The van der Waals surface area contributed by atoms with Crippen LogP contribution in [0.2, 0.25) is 0 Å². The van der Waals surface area contributed by atoms with Gasteiger partial charge >= 0.3 is 0 Å². The van der Waals surface area contributed by atoms with Gasteiger partial charge in [0.2, 0.25) is 11.8 Å². The van der Waals surface area contributed by atoms with Crippen molar-refractivity contribution in [3.05, 3.63) is 83.9 Å². The Balaban J connectivity index is 1.47. The van der Waals surface area contributed by atoms with Crippen LogP contribution in [0.3, 0.4) is 0 Å². The van der Waals surface area contributed by atoms with Gasteiger partial charge in [0.05, 0.1) is 17.6 Å². The molecule has 0 radical (unpaired) electrons. The maximum Gasteiger partial charge on any atom is 0.249 e. The summed E-state index contributed by atoms with van der Waals surface area (Å²) in [4.78, 5) is 32.0. The van der Waals surface area contributed by atoms with Gasteiger partial charge in [-0.2, -0.15) is 5.26 Å². The first-order valence-electron chi connectivity index (χ1n) is 11.9. The molecule has 0 saturated carbocycles. The Morgan fingerprint density at radius 2 is 2.00 bits per heavy atom. The third kappa shape index (κ3) is 3.95. The Labute approximate surface area is 207 Å². The normalized spacial score (nSPS) is 17.6. The number of hydrogen-bond donors (Lipinski definition) is 1. The van der Waals surface area contributed by atoms with Gasteiger partial charge in [-0.1, -0.05) is 24.3 Å². The molecule has 0 spiro atoms. The van der Waals surface area contributed by atoms with Gasteiger partial charge in [-0.3, -0.25) is 9.59 Å². The highest BCUT2D eigenvalue weighted by molar-refractivity contribution is 6.08. The summed E-state index contributed by atoms with van der Waals surface area (Å²) in [7, 11) is 0. The van der Waals surface area contributed by atoms with E-state index in [0.29, 0.717) is 43.0 Å². The minimum atomic E-state index is -0.547. The predicted octanol–water partition coefficient (Wildman–Crippen LogP) is 3.92. The number of nitrogens with one attached hydrogen (secondary N) is 1. The fourth-order valence-corrected chi connectivity index (χ4v) is 4.96. The zero-order chi connectivity index (χ0) is 24.6. The van der Waals surface area contributed by atoms with E-state index in [1.165, 1.54) is 0 Å². The van der Waals surface area contributed by atoms with Gasteiger partial charge < -0.3 is 19.5 Å². The molecule has 4 aromatic rings. The molecule has 1 fully saturated rings. The molecule has 1 N–H and O–H groups in total. The highest BCUT2D eigenvalue weighted by Gasteiger charge is 2.34. The molecule has 1 saturated heterocycles. The van der Waals surface area contributed by atoms with E-state index >= 15 is 0 Å². The Kier molecular flexibility index (Phi) is 5.38. The summed E-state index contributed by atoms with van der Waals surface area (Å²) < 4.78 is 8.21. The van der Waals surface area contributed by atoms with Crippen molar-refractivity contribution in [3.8, 4) is 17.6 Å². The van der Waals surface area contributed by atoms with Crippen LogP contribution in [0.25, 0.3) is 10.8 Å². The second-order valence-electron chi connectivity index (χ2n) is 9.12. The van der Waals surface area contributed by atoms with Crippen molar-refractivity contribution < 1.29 is 14.3 Å². The quantitative estimate of drug-likeness (QED) is 0.414. The molecule has 0 aliphatic carbocycles. The molecule has 178 valence electrons. The first-order valence-corrected chi connectivity index (χ1v) is 11.9. The van der Waals surface area contributed by atoms with Gasteiger partial charge in [-0.15, -0.1) is 0 Å². The number of fused-ring (bicyclic) bond motifs is 7. The first-order chi connectivity index (χ1) is 17.6. The number of benzene rings is 3. The lowest BCUT2D eigenvalue weighted by molar-refractivity contribution is -0.126. The molecular formula is C28H23N5O3. The second-order valence-corrected chi connectivity index (χ2v) is 9.12. The zero-order valence-corrected chi connectivity index (χ0v) is 19.5. The van der Waals surface area contributed by atoms with E-state index in [9.17, 15) is 14.9 Å². The summed E-state index contributed by atoms with van der Waals surface area (Å²) in [5, 5.41) is 14.4. The lowest BCUT2D eigenvalue weighted by atomic mass is 10.1. The van der Waals surface area contributed by atoms with Gasteiger partial charge in [-0.05, 0) is 54.1 Å². The molecule has 2 amide bonds. The van der Waals surface area contributed by atoms with Crippen molar-refractivity contribution in [1.29, 1.82) is 5.26 Å². The number of nitriles is 1. The highest BCUT2D eigenvalue weighted by Crippen LogP contribution is 2.35. The SMILES string of the molecule is N#Cc1ccc2cc1Oc1ccc3cccc(c3c1)N1CC[C@H](NC(=O)CCc3cncn3C2)C1=O. The smallest absolute Gasteiger partial charge is 0.249 e. The van der Waals surface area contributed by atoms with Crippen LogP contribution in [0, 0.1) is 11.3 Å². The zero-order valence-electron chi connectivity index (χ0n) is 19.5. The molecule has 3 heterocycles. The van der Waals surface area contributed by atoms with Gasteiger partial charge in [0.1, 0.15) is 23.6 Å². The molecule has 2 aliphatic rings. The molecule has 6 bridgehead atoms. The van der Waals surface area contributed by atoms with Crippen LogP contribution in [0.15, 0.2) is 67.1 Å². The van der Waals surface area contributed by atoms with Crippen LogP contribution in [0.1, 0.15) is 29.7 Å². The van der Waals surface area contributed by atoms with E-state index in [4.69, 9.17) is 4.74 Å². The summed E-state index contributed by atoms with van der Waals surface area (Å²) in [6.07, 6.45) is 4.79. The largest absolute Gasteiger partial charge is 0.456 e. The number of aromatic nitrogens is 2. The molecule has 3 aromatic carbocycles. The standard InChI is InChI=1S/C28H23N5O3/c29-14-20-5-4-18-12-26(20)36-22-8-6-19-2-1-3-25(23(19)13-22)33-11-10-24(28(33)35)31-27(34)9-7-21-15-30-17-32(21)16-18/h1-6,8,12-13,15,17,24H,7,9-11,16H2,(H,31,34)/t24-/m0/s1. The lowest BCUT2D eigenvalue weighted by Crippen LogP contribution is -2.41. The van der Waals surface area contributed by atoms with E-state index in [1.807, 2.05) is 53.1 Å². The molecule has 1 aromatic heterocycles. The number of hydrogen-bond acceptors (Lipinski definition) is 5. The minimum Gasteiger partial charge on any atom is -0.456 e. The Morgan fingerprint density at radius 3 is 2.89 bits per heavy atom. The van der Waals surface area contributed by atoms with Gasteiger partial charge in [0, 0.05) is 36.8 Å². The summed E-state index contributed by atoms with van der Waals surface area (Å²) in [6.45, 7) is 1.04. The summed E-state index contributed by atoms with van der Waals surface area (Å²) >= 11 is 0. The Morgan fingerprint density at radius 1 is 1.08 bits per heavy atom. The maximum atomic E-state index is 13.3. The van der Waals surface area contributed by atoms with Gasteiger partial charge in [0.15, 0.2) is 0 Å². The van der Waals surface area contributed by atoms with Crippen LogP contribution in [0.4, 0.5) is 5.69 Å². The molecule has 36 heavy (non-hydrogen) atoms. The number of rotatable bonds is 0. The minimum absolute atomic E-state index is 0.118. The van der Waals surface area contributed by atoms with Gasteiger partial charge in [-0.25, -0.2) is 4.98 Å². The van der Waals surface area contributed by atoms with Crippen LogP contribution >= 0.6 is 0 Å². The van der Waals surface area contributed by atoms with Crippen LogP contribution in [-0.2, 0) is 22.6 Å². The van der Waals surface area contributed by atoms with Crippen LogP contribution in [-0.4, -0.2) is 34.0 Å². The summed E-state index contributed by atoms with van der Waals surface area (Å²) in [5.74, 6) is 0.766.